The van der Waals surface area contributed by atoms with Gasteiger partial charge in [-0.05, 0) is 37.8 Å². The third-order valence-corrected chi connectivity index (χ3v) is 7.11. The van der Waals surface area contributed by atoms with Crippen molar-refractivity contribution in [2.24, 2.45) is 5.92 Å². The molecule has 3 rings (SSSR count). The van der Waals surface area contributed by atoms with E-state index in [0.717, 1.165) is 24.2 Å². The number of halogens is 1. The molecule has 116 valence electrons. The van der Waals surface area contributed by atoms with Crippen molar-refractivity contribution < 1.29 is 13.2 Å². The Morgan fingerprint density at radius 3 is 2.43 bits per heavy atom. The average molecular weight is 349 g/mol. The third kappa shape index (κ3) is 3.59. The Bertz CT molecular complexity index is 632. The van der Waals surface area contributed by atoms with Gasteiger partial charge in [-0.15, -0.1) is 11.3 Å². The van der Waals surface area contributed by atoms with Gasteiger partial charge in [0.15, 0.2) is 0 Å². The maximum absolute atomic E-state index is 12.2. The van der Waals surface area contributed by atoms with Crippen LogP contribution in [0.25, 0.3) is 0 Å². The van der Waals surface area contributed by atoms with Crippen molar-refractivity contribution in [3.05, 3.63) is 16.5 Å². The van der Waals surface area contributed by atoms with Gasteiger partial charge in [0, 0.05) is 25.0 Å². The van der Waals surface area contributed by atoms with Gasteiger partial charge < -0.3 is 4.90 Å². The molecule has 1 aromatic heterocycles. The Morgan fingerprint density at radius 2 is 1.90 bits per heavy atom. The van der Waals surface area contributed by atoms with E-state index in [4.69, 9.17) is 11.6 Å². The molecule has 0 unspecified atom stereocenters. The predicted octanol–water partition coefficient (Wildman–Crippen LogP) is 2.08. The minimum Gasteiger partial charge on any atom is -0.342 e. The molecule has 21 heavy (non-hydrogen) atoms. The van der Waals surface area contributed by atoms with Crippen LogP contribution in [0.15, 0.2) is 16.3 Å². The lowest BCUT2D eigenvalue weighted by Gasteiger charge is -2.32. The fourth-order valence-electron chi connectivity index (χ4n) is 2.53. The van der Waals surface area contributed by atoms with Gasteiger partial charge in [-0.1, -0.05) is 11.6 Å². The first-order valence-electron chi connectivity index (χ1n) is 7.02. The summed E-state index contributed by atoms with van der Waals surface area (Å²) in [5.74, 6) is 0.466. The number of carbonyl (C=O) groups is 1. The summed E-state index contributed by atoms with van der Waals surface area (Å²) in [5.41, 5.74) is 0. The van der Waals surface area contributed by atoms with Gasteiger partial charge in [0.25, 0.3) is 0 Å². The van der Waals surface area contributed by atoms with Crippen LogP contribution in [0.4, 0.5) is 0 Å². The van der Waals surface area contributed by atoms with Crippen molar-refractivity contribution in [1.82, 2.24) is 9.62 Å². The van der Waals surface area contributed by atoms with Crippen LogP contribution in [-0.4, -0.2) is 38.4 Å². The third-order valence-electron chi connectivity index (χ3n) is 3.87. The van der Waals surface area contributed by atoms with Crippen molar-refractivity contribution in [3.63, 3.8) is 0 Å². The summed E-state index contributed by atoms with van der Waals surface area (Å²) >= 11 is 6.83. The molecule has 2 aliphatic rings. The van der Waals surface area contributed by atoms with E-state index in [1.165, 1.54) is 6.07 Å². The summed E-state index contributed by atoms with van der Waals surface area (Å²) < 4.78 is 27.8. The number of sulfonamides is 1. The summed E-state index contributed by atoms with van der Waals surface area (Å²) in [6.45, 7) is 1.27. The maximum atomic E-state index is 12.2. The molecule has 0 aromatic carbocycles. The molecule has 0 radical (unpaired) electrons. The molecule has 2 heterocycles. The SMILES string of the molecule is O=C(C1CC1)N1CCC(NS(=O)(=O)c2ccc(Cl)s2)CC1. The smallest absolute Gasteiger partial charge is 0.250 e. The summed E-state index contributed by atoms with van der Waals surface area (Å²) in [7, 11) is -3.50. The lowest BCUT2D eigenvalue weighted by molar-refractivity contribution is -0.133. The standard InChI is InChI=1S/C13H17ClN2O3S2/c14-11-3-4-12(20-11)21(18,19)15-10-5-7-16(8-6-10)13(17)9-1-2-9/h3-4,9-10,15H,1-2,5-8H2. The normalized spacial score (nSPS) is 20.7. The number of piperidine rings is 1. The molecular formula is C13H17ClN2O3S2. The zero-order valence-corrected chi connectivity index (χ0v) is 13.8. The van der Waals surface area contributed by atoms with E-state index >= 15 is 0 Å². The Kier molecular flexibility index (Phi) is 4.27. The highest BCUT2D eigenvalue weighted by Crippen LogP contribution is 2.32. The number of nitrogens with one attached hydrogen (secondary N) is 1. The second-order valence-electron chi connectivity index (χ2n) is 5.55. The fourth-order valence-corrected chi connectivity index (χ4v) is 5.33. The molecule has 1 saturated heterocycles. The summed E-state index contributed by atoms with van der Waals surface area (Å²) in [4.78, 5) is 13.8. The van der Waals surface area contributed by atoms with Crippen LogP contribution in [0.2, 0.25) is 4.34 Å². The van der Waals surface area contributed by atoms with Crippen molar-refractivity contribution in [1.29, 1.82) is 0 Å². The van der Waals surface area contributed by atoms with Gasteiger partial charge in [0.1, 0.15) is 4.21 Å². The van der Waals surface area contributed by atoms with E-state index in [9.17, 15) is 13.2 Å². The van der Waals surface area contributed by atoms with E-state index in [-0.39, 0.29) is 22.1 Å². The van der Waals surface area contributed by atoms with E-state index < -0.39 is 10.0 Å². The first-order valence-corrected chi connectivity index (χ1v) is 9.70. The van der Waals surface area contributed by atoms with Gasteiger partial charge in [-0.2, -0.15) is 0 Å². The second-order valence-corrected chi connectivity index (χ2v) is 9.21. The Labute approximate surface area is 133 Å². The molecule has 0 atom stereocenters. The molecule has 0 spiro atoms. The molecule has 1 aliphatic heterocycles. The second kappa shape index (κ2) is 5.87. The highest BCUT2D eigenvalue weighted by Gasteiger charge is 2.35. The van der Waals surface area contributed by atoms with Crippen LogP contribution >= 0.6 is 22.9 Å². The zero-order valence-electron chi connectivity index (χ0n) is 11.4. The summed E-state index contributed by atoms with van der Waals surface area (Å²) in [6.07, 6.45) is 3.34. The van der Waals surface area contributed by atoms with E-state index in [1.54, 1.807) is 6.07 Å². The van der Waals surface area contributed by atoms with E-state index in [1.807, 2.05) is 4.90 Å². The van der Waals surface area contributed by atoms with Crippen LogP contribution in [0.3, 0.4) is 0 Å². The monoisotopic (exact) mass is 348 g/mol. The average Bonchev–Trinajstić information content (AvgIpc) is 3.20. The Balaban J connectivity index is 1.56. The molecule has 1 aromatic rings. The van der Waals surface area contributed by atoms with Crippen LogP contribution in [0, 0.1) is 5.92 Å². The number of rotatable bonds is 4. The molecule has 1 saturated carbocycles. The summed E-state index contributed by atoms with van der Waals surface area (Å²) in [5, 5.41) is 0. The van der Waals surface area contributed by atoms with Crippen LogP contribution < -0.4 is 4.72 Å². The minimum absolute atomic E-state index is 0.112. The molecule has 5 nitrogen and oxygen atoms in total. The molecule has 1 amide bonds. The quantitative estimate of drug-likeness (QED) is 0.905. The fraction of sp³-hybridized carbons (Fsp3) is 0.615. The van der Waals surface area contributed by atoms with Crippen molar-refractivity contribution in [2.45, 2.75) is 35.9 Å². The lowest BCUT2D eigenvalue weighted by atomic mass is 10.1. The minimum atomic E-state index is -3.50. The first kappa shape index (κ1) is 15.3. The zero-order chi connectivity index (χ0) is 15.0. The Hall–Kier alpha value is -0.630. The number of likely N-dealkylation sites (tertiary alicyclic amines) is 1. The predicted molar refractivity (Wildman–Crippen MR) is 82.0 cm³/mol. The maximum Gasteiger partial charge on any atom is 0.250 e. The van der Waals surface area contributed by atoms with Gasteiger partial charge in [-0.3, -0.25) is 4.79 Å². The largest absolute Gasteiger partial charge is 0.342 e. The van der Waals surface area contributed by atoms with Gasteiger partial charge in [0.2, 0.25) is 15.9 Å². The summed E-state index contributed by atoms with van der Waals surface area (Å²) in [6, 6.07) is 2.98. The van der Waals surface area contributed by atoms with Gasteiger partial charge >= 0.3 is 0 Å². The topological polar surface area (TPSA) is 66.5 Å². The van der Waals surface area contributed by atoms with E-state index in [0.29, 0.717) is 30.3 Å². The van der Waals surface area contributed by atoms with E-state index in [2.05, 4.69) is 4.72 Å². The molecule has 1 N–H and O–H groups in total. The van der Waals surface area contributed by atoms with Crippen molar-refractivity contribution in [3.8, 4) is 0 Å². The molecule has 0 bridgehead atoms. The first-order chi connectivity index (χ1) is 9.95. The lowest BCUT2D eigenvalue weighted by Crippen LogP contribution is -2.46. The number of thiophene rings is 1. The molecule has 8 heteroatoms. The van der Waals surface area contributed by atoms with Crippen LogP contribution in [0.5, 0.6) is 0 Å². The van der Waals surface area contributed by atoms with Crippen molar-refractivity contribution in [2.75, 3.05) is 13.1 Å². The number of carbonyl (C=O) groups excluding carboxylic acids is 1. The number of nitrogens with zero attached hydrogens (tertiary/aromatic N) is 1. The highest BCUT2D eigenvalue weighted by molar-refractivity contribution is 7.91. The van der Waals surface area contributed by atoms with Crippen molar-refractivity contribution >= 4 is 38.9 Å². The molecule has 1 aliphatic carbocycles. The molecule has 2 fully saturated rings. The van der Waals surface area contributed by atoms with Crippen LogP contribution in [0.1, 0.15) is 25.7 Å². The highest BCUT2D eigenvalue weighted by atomic mass is 35.5. The van der Waals surface area contributed by atoms with Gasteiger partial charge in [0.05, 0.1) is 4.34 Å². The Morgan fingerprint density at radius 1 is 1.24 bits per heavy atom. The van der Waals surface area contributed by atoms with Gasteiger partial charge in [-0.25, -0.2) is 13.1 Å². The number of hydrogen-bond acceptors (Lipinski definition) is 4. The number of hydrogen-bond donors (Lipinski definition) is 1. The molecular weight excluding hydrogens is 332 g/mol. The number of amides is 1. The van der Waals surface area contributed by atoms with Crippen LogP contribution in [-0.2, 0) is 14.8 Å².